The highest BCUT2D eigenvalue weighted by atomic mass is 16.5. The first-order chi connectivity index (χ1) is 8.78. The summed E-state index contributed by atoms with van der Waals surface area (Å²) >= 11 is 0. The lowest BCUT2D eigenvalue weighted by atomic mass is 10.1. The molecule has 2 nitrogen and oxygen atoms in total. The van der Waals surface area contributed by atoms with Crippen molar-refractivity contribution in [1.82, 2.24) is 0 Å². The van der Waals surface area contributed by atoms with Crippen molar-refractivity contribution in [2.24, 2.45) is 0 Å². The van der Waals surface area contributed by atoms with Crippen LogP contribution in [-0.2, 0) is 0 Å². The van der Waals surface area contributed by atoms with Crippen molar-refractivity contribution in [3.63, 3.8) is 0 Å². The Morgan fingerprint density at radius 2 is 1.78 bits per heavy atom. The van der Waals surface area contributed by atoms with Gasteiger partial charge in [0.15, 0.2) is 0 Å². The van der Waals surface area contributed by atoms with E-state index in [2.05, 4.69) is 0 Å². The minimum Gasteiger partial charge on any atom is -0.457 e. The molecule has 0 atom stereocenters. The van der Waals surface area contributed by atoms with Crippen LogP contribution in [-0.4, -0.2) is 11.7 Å². The molecule has 1 N–H and O–H groups in total. The van der Waals surface area contributed by atoms with Crippen LogP contribution in [0.15, 0.2) is 60.2 Å². The van der Waals surface area contributed by atoms with E-state index in [1.807, 2.05) is 67.6 Å². The fourth-order valence-electron chi connectivity index (χ4n) is 1.62. The predicted molar refractivity (Wildman–Crippen MR) is 73.7 cm³/mol. The van der Waals surface area contributed by atoms with Gasteiger partial charge < -0.3 is 9.84 Å². The van der Waals surface area contributed by atoms with Crippen LogP contribution in [0.2, 0.25) is 0 Å². The molecule has 0 aliphatic carbocycles. The molecular formula is C16H16O2. The third-order valence-electron chi connectivity index (χ3n) is 2.50. The van der Waals surface area contributed by atoms with Crippen LogP contribution in [0, 0.1) is 0 Å². The van der Waals surface area contributed by atoms with Gasteiger partial charge in [-0.3, -0.25) is 0 Å². The van der Waals surface area contributed by atoms with E-state index in [1.165, 1.54) is 0 Å². The quantitative estimate of drug-likeness (QED) is 0.879. The van der Waals surface area contributed by atoms with E-state index in [9.17, 15) is 0 Å². The zero-order valence-electron chi connectivity index (χ0n) is 10.3. The average molecular weight is 240 g/mol. The van der Waals surface area contributed by atoms with Gasteiger partial charge in [-0.15, -0.1) is 0 Å². The zero-order valence-corrected chi connectivity index (χ0v) is 10.3. The fraction of sp³-hybridized carbons (Fsp3) is 0.125. The van der Waals surface area contributed by atoms with Crippen molar-refractivity contribution < 1.29 is 9.84 Å². The van der Waals surface area contributed by atoms with Gasteiger partial charge in [0.05, 0.1) is 6.61 Å². The molecule has 0 spiro atoms. The van der Waals surface area contributed by atoms with Crippen molar-refractivity contribution in [2.45, 2.75) is 6.92 Å². The maximum atomic E-state index is 9.00. The normalized spacial score (nSPS) is 11.3. The van der Waals surface area contributed by atoms with Gasteiger partial charge >= 0.3 is 0 Å². The SMILES string of the molecule is CC(=Cc1cccc(Oc2ccccc2)c1)CO. The van der Waals surface area contributed by atoms with E-state index in [0.29, 0.717) is 0 Å². The number of benzene rings is 2. The summed E-state index contributed by atoms with van der Waals surface area (Å²) < 4.78 is 5.74. The van der Waals surface area contributed by atoms with E-state index in [0.717, 1.165) is 22.6 Å². The Bertz CT molecular complexity index is 530. The summed E-state index contributed by atoms with van der Waals surface area (Å²) in [6.45, 7) is 1.97. The van der Waals surface area contributed by atoms with Crippen LogP contribution in [0.1, 0.15) is 12.5 Å². The summed E-state index contributed by atoms with van der Waals surface area (Å²) in [6.07, 6.45) is 1.94. The number of aliphatic hydroxyl groups is 1. The molecule has 0 aromatic heterocycles. The summed E-state index contributed by atoms with van der Waals surface area (Å²) in [5, 5.41) is 9.00. The fourth-order valence-corrected chi connectivity index (χ4v) is 1.62. The van der Waals surface area contributed by atoms with Crippen molar-refractivity contribution in [3.8, 4) is 11.5 Å². The van der Waals surface area contributed by atoms with Crippen molar-refractivity contribution in [2.75, 3.05) is 6.61 Å². The highest BCUT2D eigenvalue weighted by molar-refractivity contribution is 5.54. The van der Waals surface area contributed by atoms with Crippen molar-refractivity contribution in [1.29, 1.82) is 0 Å². The largest absolute Gasteiger partial charge is 0.457 e. The molecular weight excluding hydrogens is 224 g/mol. The maximum absolute atomic E-state index is 9.00. The third kappa shape index (κ3) is 3.47. The van der Waals surface area contributed by atoms with Gasteiger partial charge in [0.25, 0.3) is 0 Å². The second-order valence-corrected chi connectivity index (χ2v) is 4.14. The van der Waals surface area contributed by atoms with Crippen molar-refractivity contribution >= 4 is 6.08 Å². The maximum Gasteiger partial charge on any atom is 0.128 e. The number of hydrogen-bond donors (Lipinski definition) is 1. The third-order valence-corrected chi connectivity index (χ3v) is 2.50. The summed E-state index contributed by atoms with van der Waals surface area (Å²) in [7, 11) is 0. The van der Waals surface area contributed by atoms with Gasteiger partial charge in [-0.1, -0.05) is 36.4 Å². The minimum atomic E-state index is 0.0732. The molecule has 0 amide bonds. The number of hydrogen-bond acceptors (Lipinski definition) is 2. The first-order valence-electron chi connectivity index (χ1n) is 5.89. The first kappa shape index (κ1) is 12.4. The van der Waals surface area contributed by atoms with Crippen LogP contribution < -0.4 is 4.74 Å². The molecule has 0 fully saturated rings. The summed E-state index contributed by atoms with van der Waals surface area (Å²) in [5.41, 5.74) is 1.95. The van der Waals surface area contributed by atoms with Crippen LogP contribution in [0.5, 0.6) is 11.5 Å². The Morgan fingerprint density at radius 1 is 1.06 bits per heavy atom. The lowest BCUT2D eigenvalue weighted by Crippen LogP contribution is -1.86. The van der Waals surface area contributed by atoms with Crippen LogP contribution in [0.4, 0.5) is 0 Å². The van der Waals surface area contributed by atoms with Crippen molar-refractivity contribution in [3.05, 3.63) is 65.7 Å². The van der Waals surface area contributed by atoms with Gasteiger partial charge in [0.1, 0.15) is 11.5 Å². The lowest BCUT2D eigenvalue weighted by molar-refractivity contribution is 0.332. The molecule has 0 aliphatic heterocycles. The Morgan fingerprint density at radius 3 is 2.50 bits per heavy atom. The van der Waals surface area contributed by atoms with Gasteiger partial charge in [-0.25, -0.2) is 0 Å². The van der Waals surface area contributed by atoms with Crippen LogP contribution >= 0.6 is 0 Å². The molecule has 0 bridgehead atoms. The molecule has 2 heteroatoms. The van der Waals surface area contributed by atoms with E-state index in [1.54, 1.807) is 0 Å². The molecule has 2 rings (SSSR count). The van der Waals surface area contributed by atoms with Crippen LogP contribution in [0.3, 0.4) is 0 Å². The minimum absolute atomic E-state index is 0.0732. The Balaban J connectivity index is 2.18. The molecule has 2 aromatic rings. The lowest BCUT2D eigenvalue weighted by Gasteiger charge is -2.06. The summed E-state index contributed by atoms with van der Waals surface area (Å²) in [4.78, 5) is 0. The molecule has 0 saturated carbocycles. The molecule has 92 valence electrons. The highest BCUT2D eigenvalue weighted by Gasteiger charge is 1.97. The molecule has 2 aromatic carbocycles. The van der Waals surface area contributed by atoms with Gasteiger partial charge in [0, 0.05) is 0 Å². The molecule has 0 unspecified atom stereocenters. The number of ether oxygens (including phenoxy) is 1. The van der Waals surface area contributed by atoms with Gasteiger partial charge in [-0.2, -0.15) is 0 Å². The molecule has 0 aliphatic rings. The second kappa shape index (κ2) is 6.03. The standard InChI is InChI=1S/C16H16O2/c1-13(12-17)10-14-6-5-9-16(11-14)18-15-7-3-2-4-8-15/h2-11,17H,12H2,1H3. The van der Waals surface area contributed by atoms with E-state index >= 15 is 0 Å². The summed E-state index contributed by atoms with van der Waals surface area (Å²) in [5.74, 6) is 1.61. The number of aliphatic hydroxyl groups excluding tert-OH is 1. The van der Waals surface area contributed by atoms with Gasteiger partial charge in [0.2, 0.25) is 0 Å². The van der Waals surface area contributed by atoms with Crippen LogP contribution in [0.25, 0.3) is 6.08 Å². The zero-order chi connectivity index (χ0) is 12.8. The molecule has 18 heavy (non-hydrogen) atoms. The Kier molecular flexibility index (Phi) is 4.15. The second-order valence-electron chi connectivity index (χ2n) is 4.14. The van der Waals surface area contributed by atoms with E-state index in [4.69, 9.17) is 9.84 Å². The Labute approximate surface area is 107 Å². The summed E-state index contributed by atoms with van der Waals surface area (Å²) in [6, 6.07) is 17.5. The Hall–Kier alpha value is -2.06. The molecule has 0 saturated heterocycles. The average Bonchev–Trinajstić information content (AvgIpc) is 2.40. The molecule has 0 radical (unpaired) electrons. The number of rotatable bonds is 4. The van der Waals surface area contributed by atoms with E-state index < -0.39 is 0 Å². The number of para-hydroxylation sites is 1. The smallest absolute Gasteiger partial charge is 0.128 e. The van der Waals surface area contributed by atoms with E-state index in [-0.39, 0.29) is 6.61 Å². The first-order valence-corrected chi connectivity index (χ1v) is 5.89. The molecule has 0 heterocycles. The topological polar surface area (TPSA) is 29.5 Å². The predicted octanol–water partition coefficient (Wildman–Crippen LogP) is 3.87. The van der Waals surface area contributed by atoms with Gasteiger partial charge in [-0.05, 0) is 42.3 Å². The highest BCUT2D eigenvalue weighted by Crippen LogP contribution is 2.22. The monoisotopic (exact) mass is 240 g/mol.